The largest absolute Gasteiger partial charge is 0.338 e. The molecule has 6 heteroatoms. The van der Waals surface area contributed by atoms with E-state index in [0.29, 0.717) is 23.9 Å². The van der Waals surface area contributed by atoms with Crippen LogP contribution in [0.2, 0.25) is 5.02 Å². The number of rotatable bonds is 2. The van der Waals surface area contributed by atoms with Gasteiger partial charge in [0.15, 0.2) is 0 Å². The van der Waals surface area contributed by atoms with Gasteiger partial charge in [0.1, 0.15) is 5.02 Å². The number of piperidine rings is 1. The molecule has 1 aromatic rings. The third-order valence-corrected chi connectivity index (χ3v) is 4.32. The van der Waals surface area contributed by atoms with Gasteiger partial charge in [0, 0.05) is 24.7 Å². The lowest BCUT2D eigenvalue weighted by Gasteiger charge is -2.35. The second-order valence-electron chi connectivity index (χ2n) is 5.42. The fraction of sp³-hybridized carbons (Fsp3) is 0.500. The minimum atomic E-state index is -0.554. The molecule has 0 spiro atoms. The lowest BCUT2D eigenvalue weighted by molar-refractivity contribution is -0.384. The maximum Gasteiger partial charge on any atom is 0.287 e. The van der Waals surface area contributed by atoms with E-state index in [-0.39, 0.29) is 16.6 Å². The highest BCUT2D eigenvalue weighted by molar-refractivity contribution is 6.33. The van der Waals surface area contributed by atoms with Gasteiger partial charge < -0.3 is 4.90 Å². The number of nitro groups is 1. The minimum Gasteiger partial charge on any atom is -0.338 e. The Labute approximate surface area is 122 Å². The van der Waals surface area contributed by atoms with Gasteiger partial charge >= 0.3 is 0 Å². The summed E-state index contributed by atoms with van der Waals surface area (Å²) in [7, 11) is 0. The third-order valence-electron chi connectivity index (χ3n) is 4.01. The van der Waals surface area contributed by atoms with Crippen LogP contribution in [0.3, 0.4) is 0 Å². The predicted molar refractivity (Wildman–Crippen MR) is 77.0 cm³/mol. The number of carbonyl (C=O) groups excluding carboxylic acids is 1. The maximum atomic E-state index is 12.4. The van der Waals surface area contributed by atoms with Crippen LogP contribution in [-0.2, 0) is 0 Å². The maximum absolute atomic E-state index is 12.4. The highest BCUT2D eigenvalue weighted by atomic mass is 35.5. The Kier molecular flexibility index (Phi) is 4.28. The summed E-state index contributed by atoms with van der Waals surface area (Å²) in [5.74, 6) is 0.960. The Morgan fingerprint density at radius 1 is 1.40 bits per heavy atom. The van der Waals surface area contributed by atoms with Gasteiger partial charge in [0.25, 0.3) is 11.6 Å². The van der Waals surface area contributed by atoms with E-state index in [1.54, 1.807) is 4.90 Å². The van der Waals surface area contributed by atoms with Crippen LogP contribution in [0, 0.1) is 22.0 Å². The summed E-state index contributed by atoms with van der Waals surface area (Å²) in [4.78, 5) is 24.3. The van der Waals surface area contributed by atoms with Crippen LogP contribution >= 0.6 is 11.6 Å². The van der Waals surface area contributed by atoms with E-state index in [0.717, 1.165) is 13.0 Å². The average Bonchev–Trinajstić information content (AvgIpc) is 2.40. The van der Waals surface area contributed by atoms with E-state index in [9.17, 15) is 14.9 Å². The number of benzene rings is 1. The Morgan fingerprint density at radius 2 is 2.10 bits per heavy atom. The molecular formula is C14H17ClN2O3. The molecule has 2 rings (SSSR count). The van der Waals surface area contributed by atoms with Gasteiger partial charge in [-0.25, -0.2) is 0 Å². The lowest BCUT2D eigenvalue weighted by Crippen LogP contribution is -2.42. The monoisotopic (exact) mass is 296 g/mol. The molecule has 1 fully saturated rings. The van der Waals surface area contributed by atoms with Crippen molar-refractivity contribution in [3.63, 3.8) is 0 Å². The summed E-state index contributed by atoms with van der Waals surface area (Å²) >= 11 is 5.85. The molecule has 1 amide bonds. The first-order valence-corrected chi connectivity index (χ1v) is 7.01. The van der Waals surface area contributed by atoms with Crippen molar-refractivity contribution in [3.8, 4) is 0 Å². The molecule has 0 saturated carbocycles. The first-order valence-electron chi connectivity index (χ1n) is 6.63. The molecule has 1 aliphatic rings. The molecular weight excluding hydrogens is 280 g/mol. The Bertz CT molecular complexity index is 547. The summed E-state index contributed by atoms with van der Waals surface area (Å²) in [5.41, 5.74) is 0.228. The Balaban J connectivity index is 2.17. The van der Waals surface area contributed by atoms with Gasteiger partial charge in [-0.2, -0.15) is 0 Å². The van der Waals surface area contributed by atoms with Gasteiger partial charge in [-0.15, -0.1) is 0 Å². The van der Waals surface area contributed by atoms with Crippen LogP contribution in [0.4, 0.5) is 5.69 Å². The van der Waals surface area contributed by atoms with Crippen LogP contribution in [0.1, 0.15) is 30.6 Å². The number of halogens is 1. The molecule has 1 aliphatic heterocycles. The summed E-state index contributed by atoms with van der Waals surface area (Å²) in [6, 6.07) is 4.13. The minimum absolute atomic E-state index is 0.000670. The van der Waals surface area contributed by atoms with Gasteiger partial charge in [0.05, 0.1) is 4.92 Å². The number of carbonyl (C=O) groups is 1. The lowest BCUT2D eigenvalue weighted by atomic mass is 9.88. The van der Waals surface area contributed by atoms with Gasteiger partial charge in [0.2, 0.25) is 0 Å². The van der Waals surface area contributed by atoms with Crippen LogP contribution in [0.5, 0.6) is 0 Å². The zero-order valence-electron chi connectivity index (χ0n) is 11.5. The number of hydrogen-bond acceptors (Lipinski definition) is 3. The molecule has 20 heavy (non-hydrogen) atoms. The molecule has 5 nitrogen and oxygen atoms in total. The van der Waals surface area contributed by atoms with Crippen molar-refractivity contribution < 1.29 is 9.72 Å². The molecule has 1 aromatic carbocycles. The molecule has 0 aromatic heterocycles. The summed E-state index contributed by atoms with van der Waals surface area (Å²) < 4.78 is 0. The van der Waals surface area contributed by atoms with Crippen LogP contribution in [0.25, 0.3) is 0 Å². The van der Waals surface area contributed by atoms with E-state index < -0.39 is 4.92 Å². The quantitative estimate of drug-likeness (QED) is 0.621. The van der Waals surface area contributed by atoms with Crippen molar-refractivity contribution in [1.29, 1.82) is 0 Å². The van der Waals surface area contributed by atoms with Crippen molar-refractivity contribution in [2.45, 2.75) is 20.3 Å². The molecule has 108 valence electrons. The van der Waals surface area contributed by atoms with E-state index in [1.807, 2.05) is 0 Å². The molecule has 0 aliphatic carbocycles. The Morgan fingerprint density at radius 3 is 2.65 bits per heavy atom. The first-order chi connectivity index (χ1) is 9.40. The fourth-order valence-corrected chi connectivity index (χ4v) is 2.67. The molecule has 1 saturated heterocycles. The van der Waals surface area contributed by atoms with Crippen molar-refractivity contribution in [3.05, 3.63) is 38.9 Å². The van der Waals surface area contributed by atoms with Crippen LogP contribution in [0.15, 0.2) is 18.2 Å². The van der Waals surface area contributed by atoms with Crippen molar-refractivity contribution in [2.24, 2.45) is 11.8 Å². The summed E-state index contributed by atoms with van der Waals surface area (Å²) in [5, 5.41) is 10.7. The van der Waals surface area contributed by atoms with E-state index in [4.69, 9.17) is 11.6 Å². The molecule has 0 bridgehead atoms. The van der Waals surface area contributed by atoms with E-state index in [1.165, 1.54) is 18.2 Å². The van der Waals surface area contributed by atoms with E-state index >= 15 is 0 Å². The second-order valence-corrected chi connectivity index (χ2v) is 5.82. The first kappa shape index (κ1) is 14.8. The molecule has 0 N–H and O–H groups in total. The molecule has 0 radical (unpaired) electrons. The van der Waals surface area contributed by atoms with Crippen LogP contribution < -0.4 is 0 Å². The molecule has 2 unspecified atom stereocenters. The van der Waals surface area contributed by atoms with Crippen molar-refractivity contribution in [1.82, 2.24) is 4.90 Å². The van der Waals surface area contributed by atoms with Crippen LogP contribution in [-0.4, -0.2) is 28.8 Å². The fourth-order valence-electron chi connectivity index (χ4n) is 2.42. The topological polar surface area (TPSA) is 63.5 Å². The number of nitro benzene ring substituents is 1. The smallest absolute Gasteiger partial charge is 0.287 e. The molecule has 2 atom stereocenters. The Hall–Kier alpha value is -1.62. The SMILES string of the molecule is CC1CCN(C(=O)c2ccc([N+](=O)[O-])c(Cl)c2)CC1C. The highest BCUT2D eigenvalue weighted by Crippen LogP contribution is 2.27. The zero-order valence-corrected chi connectivity index (χ0v) is 12.3. The second kappa shape index (κ2) is 5.79. The number of nitrogens with zero attached hydrogens (tertiary/aromatic N) is 2. The van der Waals surface area contributed by atoms with Gasteiger partial charge in [-0.1, -0.05) is 25.4 Å². The average molecular weight is 297 g/mol. The van der Waals surface area contributed by atoms with Crippen molar-refractivity contribution >= 4 is 23.2 Å². The zero-order chi connectivity index (χ0) is 14.9. The molecule has 1 heterocycles. The van der Waals surface area contributed by atoms with Gasteiger partial charge in [-0.05, 0) is 30.4 Å². The number of likely N-dealkylation sites (tertiary alicyclic amines) is 1. The van der Waals surface area contributed by atoms with Crippen molar-refractivity contribution in [2.75, 3.05) is 13.1 Å². The van der Waals surface area contributed by atoms with E-state index in [2.05, 4.69) is 13.8 Å². The third kappa shape index (κ3) is 2.93. The standard InChI is InChI=1S/C14H17ClN2O3/c1-9-5-6-16(8-10(9)2)14(18)11-3-4-13(17(19)20)12(15)7-11/h3-4,7,9-10H,5-6,8H2,1-2H3. The summed E-state index contributed by atoms with van der Waals surface area (Å²) in [6.07, 6.45) is 0.980. The number of amides is 1. The predicted octanol–water partition coefficient (Wildman–Crippen LogP) is 3.37. The highest BCUT2D eigenvalue weighted by Gasteiger charge is 2.27. The van der Waals surface area contributed by atoms with Gasteiger partial charge in [-0.3, -0.25) is 14.9 Å². The summed E-state index contributed by atoms with van der Waals surface area (Å²) in [6.45, 7) is 5.76. The number of hydrogen-bond donors (Lipinski definition) is 0. The normalized spacial score (nSPS) is 22.6.